The number of nitro groups is 1. The fourth-order valence-electron chi connectivity index (χ4n) is 0.755. The Hall–Kier alpha value is -2.18. The van der Waals surface area contributed by atoms with Crippen molar-refractivity contribution in [2.45, 2.75) is 0 Å². The molecule has 13 heavy (non-hydrogen) atoms. The first-order valence-corrected chi connectivity index (χ1v) is 3.15. The molecule has 0 aliphatic heterocycles. The molecule has 68 valence electrons. The van der Waals surface area contributed by atoms with Gasteiger partial charge in [-0.1, -0.05) is 0 Å². The molecule has 0 saturated carbocycles. The van der Waals surface area contributed by atoms with Crippen molar-refractivity contribution in [2.75, 3.05) is 0 Å². The van der Waals surface area contributed by atoms with Gasteiger partial charge in [0.25, 0.3) is 5.69 Å². The van der Waals surface area contributed by atoms with Crippen LogP contribution >= 0.6 is 0 Å². The summed E-state index contributed by atoms with van der Waals surface area (Å²) in [6, 6.07) is 1.76. The number of rotatable bonds is 2. The van der Waals surface area contributed by atoms with Gasteiger partial charge in [0, 0.05) is 4.73 Å². The Bertz CT molecular complexity index is 375. The van der Waals surface area contributed by atoms with Gasteiger partial charge in [0.2, 0.25) is 6.20 Å². The van der Waals surface area contributed by atoms with Gasteiger partial charge in [-0.3, -0.25) is 15.3 Å². The quantitative estimate of drug-likeness (QED) is 0.287. The van der Waals surface area contributed by atoms with E-state index in [1.54, 1.807) is 0 Å². The van der Waals surface area contributed by atoms with Crippen molar-refractivity contribution in [3.63, 3.8) is 0 Å². The molecule has 7 nitrogen and oxygen atoms in total. The lowest BCUT2D eigenvalue weighted by atomic mass is 10.3. The Morgan fingerprint density at radius 2 is 2.23 bits per heavy atom. The first kappa shape index (κ1) is 8.91. The Balaban J connectivity index is 3.27. The van der Waals surface area contributed by atoms with Crippen LogP contribution in [0.1, 0.15) is 10.5 Å². The summed E-state index contributed by atoms with van der Waals surface area (Å²) < 4.78 is 0.301. The van der Waals surface area contributed by atoms with Crippen molar-refractivity contribution in [1.82, 2.24) is 0 Å². The van der Waals surface area contributed by atoms with Crippen LogP contribution < -0.4 is 4.73 Å². The highest BCUT2D eigenvalue weighted by molar-refractivity contribution is 5.84. The predicted octanol–water partition coefficient (Wildman–Crippen LogP) is -0.182. The van der Waals surface area contributed by atoms with E-state index in [1.165, 1.54) is 0 Å². The third-order valence-corrected chi connectivity index (χ3v) is 1.35. The van der Waals surface area contributed by atoms with E-state index in [1.807, 2.05) is 0 Å². The number of carboxylic acids is 1. The minimum Gasteiger partial charge on any atom is -0.473 e. The van der Waals surface area contributed by atoms with E-state index in [0.717, 1.165) is 18.3 Å². The average molecular weight is 185 g/mol. The topological polar surface area (TPSA) is 105 Å². The van der Waals surface area contributed by atoms with Crippen LogP contribution in [0.5, 0.6) is 0 Å². The van der Waals surface area contributed by atoms with Gasteiger partial charge in [-0.05, 0) is 0 Å². The molecule has 0 bridgehead atoms. The highest BCUT2D eigenvalue weighted by Crippen LogP contribution is 2.08. The van der Waals surface area contributed by atoms with E-state index < -0.39 is 16.6 Å². The fourth-order valence-corrected chi connectivity index (χ4v) is 0.755. The van der Waals surface area contributed by atoms with Gasteiger partial charge in [-0.2, -0.15) is 0 Å². The molecule has 0 amide bonds. The minimum atomic E-state index is -1.44. The van der Waals surface area contributed by atoms with E-state index in [4.69, 9.17) is 10.3 Å². The molecule has 0 spiro atoms. The van der Waals surface area contributed by atoms with Gasteiger partial charge in [-0.15, -0.1) is 0 Å². The first-order chi connectivity index (χ1) is 6.02. The summed E-state index contributed by atoms with van der Waals surface area (Å²) in [7, 11) is 0. The zero-order chi connectivity index (χ0) is 10.0. The number of carboxylic acid groups (broad SMARTS) is 1. The largest absolute Gasteiger partial charge is 0.473 e. The van der Waals surface area contributed by atoms with Crippen LogP contribution in [-0.4, -0.2) is 21.2 Å². The molecule has 1 rings (SSSR count). The van der Waals surface area contributed by atoms with Gasteiger partial charge in [0.15, 0.2) is 0 Å². The van der Waals surface area contributed by atoms with Crippen LogP contribution in [0, 0.1) is 10.1 Å². The lowest BCUT2D eigenvalue weighted by Gasteiger charge is -1.90. The van der Waals surface area contributed by atoms with Crippen molar-refractivity contribution in [3.05, 3.63) is 34.1 Å². The fraction of sp³-hybridized carbons (Fsp3) is 0. The molecule has 0 saturated heterocycles. The maximum absolute atomic E-state index is 10.4. The third kappa shape index (κ3) is 1.70. The van der Waals surface area contributed by atoms with Crippen molar-refractivity contribution in [3.8, 4) is 0 Å². The predicted molar refractivity (Wildman–Crippen MR) is 37.4 cm³/mol. The number of hydrogen-bond donors (Lipinski definition) is 2. The zero-order valence-corrected chi connectivity index (χ0v) is 6.25. The normalized spacial score (nSPS) is 9.54. The summed E-state index contributed by atoms with van der Waals surface area (Å²) in [6.07, 6.45) is 0.890. The molecule has 7 heteroatoms. The Kier molecular flexibility index (Phi) is 2.09. The van der Waals surface area contributed by atoms with Crippen LogP contribution in [0.15, 0.2) is 18.3 Å². The average Bonchev–Trinajstić information content (AvgIpc) is 2.04. The molecule has 1 aromatic rings. The number of carbonyl (C=O) groups is 1. The summed E-state index contributed by atoms with van der Waals surface area (Å²) in [6.45, 7) is 0. The van der Waals surface area contributed by atoms with E-state index in [9.17, 15) is 14.9 Å². The molecule has 0 unspecified atom stereocenters. The lowest BCUT2D eigenvalue weighted by Crippen LogP contribution is -2.37. The van der Waals surface area contributed by atoms with Crippen molar-refractivity contribution < 1.29 is 24.8 Å². The molecule has 0 fully saturated rings. The van der Waals surface area contributed by atoms with Crippen LogP contribution in [0.2, 0.25) is 0 Å². The SMILES string of the molecule is O=C(O)c1cc([N+](=O)[O-])cc[n+]1O. The van der Waals surface area contributed by atoms with Gasteiger partial charge in [0.05, 0.1) is 11.0 Å². The van der Waals surface area contributed by atoms with Crippen LogP contribution in [0.25, 0.3) is 0 Å². The second-order valence-corrected chi connectivity index (χ2v) is 2.18. The molecule has 0 radical (unpaired) electrons. The van der Waals surface area contributed by atoms with Crippen molar-refractivity contribution in [2.24, 2.45) is 0 Å². The lowest BCUT2D eigenvalue weighted by molar-refractivity contribution is -0.906. The summed E-state index contributed by atoms with van der Waals surface area (Å²) in [5.74, 6) is -1.44. The summed E-state index contributed by atoms with van der Waals surface area (Å²) >= 11 is 0. The minimum absolute atomic E-state index is 0.301. The maximum atomic E-state index is 10.4. The second kappa shape index (κ2) is 3.05. The van der Waals surface area contributed by atoms with E-state index in [-0.39, 0.29) is 5.69 Å². The molecular weight excluding hydrogens is 180 g/mol. The number of pyridine rings is 1. The van der Waals surface area contributed by atoms with Crippen LogP contribution in [-0.2, 0) is 0 Å². The zero-order valence-electron chi connectivity index (χ0n) is 6.25. The van der Waals surface area contributed by atoms with Gasteiger partial charge < -0.3 is 5.11 Å². The molecule has 1 heterocycles. The first-order valence-electron chi connectivity index (χ1n) is 3.15. The van der Waals surface area contributed by atoms with Crippen LogP contribution in [0.4, 0.5) is 5.69 Å². The van der Waals surface area contributed by atoms with E-state index >= 15 is 0 Å². The van der Waals surface area contributed by atoms with Crippen molar-refractivity contribution >= 4 is 11.7 Å². The Morgan fingerprint density at radius 1 is 1.62 bits per heavy atom. The maximum Gasteiger partial charge on any atom is 0.406 e. The smallest absolute Gasteiger partial charge is 0.406 e. The van der Waals surface area contributed by atoms with Crippen LogP contribution in [0.3, 0.4) is 0 Å². The molecular formula is C6H5N2O5+. The van der Waals surface area contributed by atoms with Crippen molar-refractivity contribution in [1.29, 1.82) is 0 Å². The molecule has 0 atom stereocenters. The molecule has 1 aromatic heterocycles. The van der Waals surface area contributed by atoms with Gasteiger partial charge in [-0.25, -0.2) is 4.79 Å². The number of hydrogen-bond acceptors (Lipinski definition) is 4. The Morgan fingerprint density at radius 3 is 2.69 bits per heavy atom. The van der Waals surface area contributed by atoms with Gasteiger partial charge in [0.1, 0.15) is 6.07 Å². The number of aromatic nitrogens is 1. The summed E-state index contributed by atoms with van der Waals surface area (Å²) in [5.41, 5.74) is -0.947. The molecule has 0 aliphatic rings. The standard InChI is InChI=1S/C6H4N2O5/c9-6(10)5-3-4(8(12)13)1-2-7(5)11/h1-3H,(H-,9,10,11)/p+1. The van der Waals surface area contributed by atoms with E-state index in [0.29, 0.717) is 4.73 Å². The monoisotopic (exact) mass is 185 g/mol. The summed E-state index contributed by atoms with van der Waals surface area (Å²) in [5, 5.41) is 27.6. The molecule has 0 aliphatic carbocycles. The second-order valence-electron chi connectivity index (χ2n) is 2.18. The highest BCUT2D eigenvalue weighted by atomic mass is 16.6. The molecule has 0 aromatic carbocycles. The summed E-state index contributed by atoms with van der Waals surface area (Å²) in [4.78, 5) is 19.9. The third-order valence-electron chi connectivity index (χ3n) is 1.35. The Labute approximate surface area is 71.6 Å². The number of aromatic carboxylic acids is 1. The van der Waals surface area contributed by atoms with Gasteiger partial charge >= 0.3 is 11.7 Å². The number of nitrogens with zero attached hydrogens (tertiary/aromatic N) is 2. The highest BCUT2D eigenvalue weighted by Gasteiger charge is 2.23. The molecule has 2 N–H and O–H groups in total. The van der Waals surface area contributed by atoms with E-state index in [2.05, 4.69) is 0 Å².